The molecule has 0 unspecified atom stereocenters. The van der Waals surface area contributed by atoms with Crippen molar-refractivity contribution in [3.8, 4) is 0 Å². The lowest BCUT2D eigenvalue weighted by molar-refractivity contribution is 1.43. The summed E-state index contributed by atoms with van der Waals surface area (Å²) in [5.41, 5.74) is 3.90. The largest absolute Gasteiger partial charge is 0.256 e. The van der Waals surface area contributed by atoms with Crippen LogP contribution < -0.4 is 0 Å². The second-order valence-electron chi connectivity index (χ2n) is 5.22. The Labute approximate surface area is 152 Å². The predicted octanol–water partition coefficient (Wildman–Crippen LogP) is 5.77. The minimum absolute atomic E-state index is 0.908. The molecule has 2 nitrogen and oxygen atoms in total. The second-order valence-corrected chi connectivity index (χ2v) is 6.25. The lowest BCUT2D eigenvalue weighted by atomic mass is 10.1. The summed E-state index contributed by atoms with van der Waals surface area (Å²) in [5.74, 6) is 0. The third-order valence-electron chi connectivity index (χ3n) is 3.36. The zero-order valence-electron chi connectivity index (χ0n) is 12.9. The molecule has 0 fully saturated rings. The summed E-state index contributed by atoms with van der Waals surface area (Å²) in [4.78, 5) is 10.8. The van der Waals surface area contributed by atoms with E-state index in [1.54, 1.807) is 0 Å². The minimum Gasteiger partial charge on any atom is -0.256 e. The molecule has 4 heteroatoms. The highest BCUT2D eigenvalue weighted by molar-refractivity contribution is 7.80. The third-order valence-corrected chi connectivity index (χ3v) is 3.96. The zero-order chi connectivity index (χ0) is 16.8. The summed E-state index contributed by atoms with van der Waals surface area (Å²) in [7, 11) is 0. The van der Waals surface area contributed by atoms with Gasteiger partial charge in [0.2, 0.25) is 0 Å². The number of hydrogen-bond acceptors (Lipinski definition) is 4. The van der Waals surface area contributed by atoms with Crippen LogP contribution in [-0.4, -0.2) is 12.4 Å². The van der Waals surface area contributed by atoms with Gasteiger partial charge in [0, 0.05) is 22.2 Å². The van der Waals surface area contributed by atoms with Crippen molar-refractivity contribution in [2.45, 2.75) is 9.79 Å². The predicted molar refractivity (Wildman–Crippen MR) is 108 cm³/mol. The Bertz CT molecular complexity index is 775. The Balaban J connectivity index is 1.66. The molecule has 0 saturated heterocycles. The van der Waals surface area contributed by atoms with Crippen molar-refractivity contribution in [2.75, 3.05) is 0 Å². The quantitative estimate of drug-likeness (QED) is 0.442. The average molecular weight is 348 g/mol. The maximum absolute atomic E-state index is 4.45. The van der Waals surface area contributed by atoms with Crippen LogP contribution in [0.2, 0.25) is 0 Å². The first-order valence-electron chi connectivity index (χ1n) is 7.45. The molecule has 118 valence electrons. The van der Waals surface area contributed by atoms with Gasteiger partial charge in [-0.05, 0) is 59.7 Å². The van der Waals surface area contributed by atoms with Crippen molar-refractivity contribution in [3.05, 3.63) is 83.9 Å². The van der Waals surface area contributed by atoms with Crippen molar-refractivity contribution in [3.63, 3.8) is 0 Å². The highest BCUT2D eigenvalue weighted by Crippen LogP contribution is 2.16. The van der Waals surface area contributed by atoms with Gasteiger partial charge in [0.1, 0.15) is 0 Å². The molecule has 0 radical (unpaired) electrons. The molecule has 0 aliphatic rings. The molecular weight excluding hydrogens is 332 g/mol. The summed E-state index contributed by atoms with van der Waals surface area (Å²) < 4.78 is 0. The fourth-order valence-corrected chi connectivity index (χ4v) is 2.34. The van der Waals surface area contributed by atoms with E-state index in [2.05, 4.69) is 35.2 Å². The number of thiol groups is 2. The smallest absolute Gasteiger partial charge is 0.0630 e. The van der Waals surface area contributed by atoms with Crippen LogP contribution in [0.4, 0.5) is 11.4 Å². The van der Waals surface area contributed by atoms with E-state index in [-0.39, 0.29) is 0 Å². The normalized spacial score (nSPS) is 11.4. The third kappa shape index (κ3) is 4.85. The molecule has 0 spiro atoms. The van der Waals surface area contributed by atoms with Gasteiger partial charge in [-0.15, -0.1) is 25.3 Å². The SMILES string of the molecule is Sc1ccc(N=Cc2ccc(C=Nc3ccc(S)cc3)cc2)cc1. The summed E-state index contributed by atoms with van der Waals surface area (Å²) >= 11 is 8.53. The van der Waals surface area contributed by atoms with Gasteiger partial charge in [-0.25, -0.2) is 0 Å². The van der Waals surface area contributed by atoms with E-state index in [0.717, 1.165) is 32.3 Å². The van der Waals surface area contributed by atoms with Gasteiger partial charge >= 0.3 is 0 Å². The van der Waals surface area contributed by atoms with Crippen LogP contribution >= 0.6 is 25.3 Å². The first kappa shape index (κ1) is 16.6. The van der Waals surface area contributed by atoms with Crippen molar-refractivity contribution in [1.82, 2.24) is 0 Å². The maximum Gasteiger partial charge on any atom is 0.0630 e. The van der Waals surface area contributed by atoms with Crippen molar-refractivity contribution < 1.29 is 0 Å². The van der Waals surface area contributed by atoms with Crippen LogP contribution in [0.5, 0.6) is 0 Å². The molecule has 24 heavy (non-hydrogen) atoms. The molecule has 0 amide bonds. The van der Waals surface area contributed by atoms with Gasteiger partial charge < -0.3 is 0 Å². The highest BCUT2D eigenvalue weighted by atomic mass is 32.1. The molecule has 0 saturated carbocycles. The van der Waals surface area contributed by atoms with Gasteiger partial charge in [0.15, 0.2) is 0 Å². The number of benzene rings is 3. The van der Waals surface area contributed by atoms with E-state index in [4.69, 9.17) is 0 Å². The van der Waals surface area contributed by atoms with E-state index in [9.17, 15) is 0 Å². The zero-order valence-corrected chi connectivity index (χ0v) is 14.7. The molecule has 0 aromatic heterocycles. The lowest BCUT2D eigenvalue weighted by Crippen LogP contribution is -1.84. The van der Waals surface area contributed by atoms with Crippen LogP contribution in [0.1, 0.15) is 11.1 Å². The molecule has 0 N–H and O–H groups in total. The first-order valence-corrected chi connectivity index (χ1v) is 8.35. The molecule has 0 bridgehead atoms. The van der Waals surface area contributed by atoms with Crippen LogP contribution in [0.25, 0.3) is 0 Å². The standard InChI is InChI=1S/C20H16N2S2/c23-19-9-5-17(6-10-19)21-13-15-1-2-16(4-3-15)14-22-18-7-11-20(24)12-8-18/h1-14,23-24H. The minimum atomic E-state index is 0.908. The van der Waals surface area contributed by atoms with E-state index in [1.165, 1.54) is 0 Å². The van der Waals surface area contributed by atoms with Gasteiger partial charge in [-0.1, -0.05) is 24.3 Å². The van der Waals surface area contributed by atoms with Crippen molar-refractivity contribution in [2.24, 2.45) is 9.98 Å². The van der Waals surface area contributed by atoms with Crippen LogP contribution in [0.3, 0.4) is 0 Å². The molecule has 3 rings (SSSR count). The molecule has 0 aliphatic carbocycles. The summed E-state index contributed by atoms with van der Waals surface area (Å²) in [5, 5.41) is 0. The maximum atomic E-state index is 4.45. The molecule has 0 atom stereocenters. The van der Waals surface area contributed by atoms with Crippen LogP contribution in [0, 0.1) is 0 Å². The van der Waals surface area contributed by atoms with Gasteiger partial charge in [0.05, 0.1) is 11.4 Å². The second kappa shape index (κ2) is 7.99. The number of rotatable bonds is 4. The number of aliphatic imine (C=N–C) groups is 2. The molecule has 3 aromatic carbocycles. The average Bonchev–Trinajstić information content (AvgIpc) is 2.62. The van der Waals surface area contributed by atoms with Crippen LogP contribution in [-0.2, 0) is 0 Å². The van der Waals surface area contributed by atoms with Crippen LogP contribution in [0.15, 0.2) is 92.6 Å². The Morgan fingerprint density at radius 1 is 0.500 bits per heavy atom. The summed E-state index contributed by atoms with van der Waals surface area (Å²) in [6.07, 6.45) is 3.69. The lowest BCUT2D eigenvalue weighted by Gasteiger charge is -1.97. The molecule has 0 aliphatic heterocycles. The number of nitrogens with zero attached hydrogens (tertiary/aromatic N) is 2. The molecule has 0 heterocycles. The Kier molecular flexibility index (Phi) is 5.51. The van der Waals surface area contributed by atoms with Gasteiger partial charge in [-0.2, -0.15) is 0 Å². The summed E-state index contributed by atoms with van der Waals surface area (Å²) in [6, 6.07) is 23.6. The fourth-order valence-electron chi connectivity index (χ4n) is 2.04. The molecular formula is C20H16N2S2. The Morgan fingerprint density at radius 3 is 1.17 bits per heavy atom. The Hall–Kier alpha value is -2.30. The highest BCUT2D eigenvalue weighted by Gasteiger charge is 1.93. The Morgan fingerprint density at radius 2 is 0.833 bits per heavy atom. The van der Waals surface area contributed by atoms with E-state index in [1.807, 2.05) is 85.2 Å². The summed E-state index contributed by atoms with van der Waals surface area (Å²) in [6.45, 7) is 0. The first-order chi connectivity index (χ1) is 11.7. The van der Waals surface area contributed by atoms with Crippen molar-refractivity contribution >= 4 is 49.1 Å². The number of hydrogen-bond donors (Lipinski definition) is 2. The molecule has 3 aromatic rings. The van der Waals surface area contributed by atoms with Gasteiger partial charge in [-0.3, -0.25) is 9.98 Å². The van der Waals surface area contributed by atoms with E-state index < -0.39 is 0 Å². The van der Waals surface area contributed by atoms with E-state index in [0.29, 0.717) is 0 Å². The van der Waals surface area contributed by atoms with Gasteiger partial charge in [0.25, 0.3) is 0 Å². The van der Waals surface area contributed by atoms with Crippen molar-refractivity contribution in [1.29, 1.82) is 0 Å². The van der Waals surface area contributed by atoms with E-state index >= 15 is 0 Å². The topological polar surface area (TPSA) is 24.7 Å². The monoisotopic (exact) mass is 348 g/mol. The fraction of sp³-hybridized carbons (Fsp3) is 0.